The molecule has 2 aromatic carbocycles. The van der Waals surface area contributed by atoms with Crippen molar-refractivity contribution in [3.63, 3.8) is 0 Å². The van der Waals surface area contributed by atoms with Crippen molar-refractivity contribution >= 4 is 5.69 Å². The standard InChI is InChI=1S/C27H36N2O2/c1-19-9-12-24(30-3)15-25(19)27-13-14-29(17-21-10-11-21)20(2)26(27)31-18-23(16-27)28-22-7-5-4-6-8-22/h4-9,12,15,20-21,23,26,28H,10-11,13-14,16-18H2,1-3H3. The second-order valence-corrected chi connectivity index (χ2v) is 9.93. The summed E-state index contributed by atoms with van der Waals surface area (Å²) in [5.41, 5.74) is 3.93. The molecule has 5 rings (SSSR count). The van der Waals surface area contributed by atoms with Gasteiger partial charge in [0.2, 0.25) is 0 Å². The summed E-state index contributed by atoms with van der Waals surface area (Å²) < 4.78 is 12.4. The number of aryl methyl sites for hydroxylation is 1. The van der Waals surface area contributed by atoms with Gasteiger partial charge >= 0.3 is 0 Å². The zero-order valence-electron chi connectivity index (χ0n) is 19.1. The lowest BCUT2D eigenvalue weighted by Crippen LogP contribution is -2.64. The van der Waals surface area contributed by atoms with Crippen molar-refractivity contribution < 1.29 is 9.47 Å². The van der Waals surface area contributed by atoms with E-state index in [-0.39, 0.29) is 11.5 Å². The zero-order chi connectivity index (χ0) is 21.4. The van der Waals surface area contributed by atoms with Crippen LogP contribution in [0.1, 0.15) is 43.7 Å². The lowest BCUT2D eigenvalue weighted by atomic mass is 9.62. The van der Waals surface area contributed by atoms with Crippen LogP contribution >= 0.6 is 0 Å². The van der Waals surface area contributed by atoms with Crippen molar-refractivity contribution in [2.45, 2.75) is 63.1 Å². The molecule has 1 saturated carbocycles. The summed E-state index contributed by atoms with van der Waals surface area (Å²) in [4.78, 5) is 2.70. The highest BCUT2D eigenvalue weighted by Crippen LogP contribution is 2.49. The minimum Gasteiger partial charge on any atom is -0.497 e. The van der Waals surface area contributed by atoms with E-state index in [4.69, 9.17) is 9.47 Å². The number of fused-ring (bicyclic) bond motifs is 1. The number of benzene rings is 2. The Labute approximate surface area is 186 Å². The number of methoxy groups -OCH3 is 1. The van der Waals surface area contributed by atoms with Gasteiger partial charge in [-0.15, -0.1) is 0 Å². The Balaban J connectivity index is 1.48. The number of likely N-dealkylation sites (tertiary alicyclic amines) is 1. The Hall–Kier alpha value is -2.04. The maximum Gasteiger partial charge on any atom is 0.119 e. The average molecular weight is 421 g/mol. The number of hydrogen-bond donors (Lipinski definition) is 1. The van der Waals surface area contributed by atoms with Crippen LogP contribution in [0.4, 0.5) is 5.69 Å². The monoisotopic (exact) mass is 420 g/mol. The van der Waals surface area contributed by atoms with Gasteiger partial charge in [-0.2, -0.15) is 0 Å². The van der Waals surface area contributed by atoms with E-state index in [1.165, 1.54) is 36.2 Å². The van der Waals surface area contributed by atoms with Gasteiger partial charge in [-0.3, -0.25) is 4.90 Å². The van der Waals surface area contributed by atoms with Crippen LogP contribution in [0.15, 0.2) is 48.5 Å². The number of para-hydroxylation sites is 1. The number of nitrogens with one attached hydrogen (secondary N) is 1. The van der Waals surface area contributed by atoms with Crippen LogP contribution in [0, 0.1) is 12.8 Å². The molecule has 2 aromatic rings. The van der Waals surface area contributed by atoms with Gasteiger partial charge in [0.15, 0.2) is 0 Å². The molecule has 4 unspecified atom stereocenters. The summed E-state index contributed by atoms with van der Waals surface area (Å²) in [6.07, 6.45) is 5.23. The fourth-order valence-corrected chi connectivity index (χ4v) is 5.99. The van der Waals surface area contributed by atoms with Gasteiger partial charge in [0.05, 0.1) is 25.9 Å². The molecule has 1 N–H and O–H groups in total. The summed E-state index contributed by atoms with van der Waals surface area (Å²) >= 11 is 0. The van der Waals surface area contributed by atoms with Gasteiger partial charge in [-0.05, 0) is 87.4 Å². The highest BCUT2D eigenvalue weighted by molar-refractivity contribution is 5.46. The van der Waals surface area contributed by atoms with Gasteiger partial charge in [-0.1, -0.05) is 24.3 Å². The molecule has 3 aliphatic rings. The molecule has 4 nitrogen and oxygen atoms in total. The highest BCUT2D eigenvalue weighted by atomic mass is 16.5. The average Bonchev–Trinajstić information content (AvgIpc) is 3.61. The first-order valence-corrected chi connectivity index (χ1v) is 11.9. The summed E-state index contributed by atoms with van der Waals surface area (Å²) in [6.45, 7) is 7.77. The number of ether oxygens (including phenoxy) is 2. The van der Waals surface area contributed by atoms with Gasteiger partial charge < -0.3 is 14.8 Å². The Morgan fingerprint density at radius 3 is 2.71 bits per heavy atom. The van der Waals surface area contributed by atoms with Crippen molar-refractivity contribution in [3.05, 3.63) is 59.7 Å². The SMILES string of the molecule is COc1ccc(C)c(C23CCN(CC4CC4)C(C)C2OCC(Nc2ccccc2)C3)c1. The van der Waals surface area contributed by atoms with Crippen molar-refractivity contribution in [1.82, 2.24) is 4.90 Å². The third-order valence-corrected chi connectivity index (χ3v) is 7.81. The first kappa shape index (κ1) is 20.8. The largest absolute Gasteiger partial charge is 0.497 e. The van der Waals surface area contributed by atoms with Gasteiger partial charge in [-0.25, -0.2) is 0 Å². The fourth-order valence-electron chi connectivity index (χ4n) is 5.99. The third kappa shape index (κ3) is 4.08. The molecule has 4 atom stereocenters. The Morgan fingerprint density at radius 1 is 1.16 bits per heavy atom. The highest BCUT2D eigenvalue weighted by Gasteiger charge is 2.53. The molecule has 31 heavy (non-hydrogen) atoms. The number of piperidine rings is 1. The van der Waals surface area contributed by atoms with Crippen LogP contribution in [-0.4, -0.2) is 49.9 Å². The fraction of sp³-hybridized carbons (Fsp3) is 0.556. The van der Waals surface area contributed by atoms with Crippen LogP contribution in [0.3, 0.4) is 0 Å². The van der Waals surface area contributed by atoms with Crippen LogP contribution in [0.25, 0.3) is 0 Å². The Morgan fingerprint density at radius 2 is 1.97 bits per heavy atom. The first-order chi connectivity index (χ1) is 15.1. The quantitative estimate of drug-likeness (QED) is 0.712. The van der Waals surface area contributed by atoms with Crippen LogP contribution in [0.5, 0.6) is 5.75 Å². The van der Waals surface area contributed by atoms with Crippen LogP contribution in [-0.2, 0) is 10.2 Å². The van der Waals surface area contributed by atoms with E-state index < -0.39 is 0 Å². The maximum atomic E-state index is 6.75. The van der Waals surface area contributed by atoms with Crippen molar-refractivity contribution in [3.8, 4) is 5.75 Å². The van der Waals surface area contributed by atoms with E-state index >= 15 is 0 Å². The number of rotatable bonds is 6. The van der Waals surface area contributed by atoms with E-state index in [0.29, 0.717) is 12.1 Å². The molecule has 4 heteroatoms. The molecule has 1 aliphatic carbocycles. The lowest BCUT2D eigenvalue weighted by molar-refractivity contribution is -0.121. The summed E-state index contributed by atoms with van der Waals surface area (Å²) in [7, 11) is 1.77. The smallest absolute Gasteiger partial charge is 0.119 e. The molecule has 0 spiro atoms. The third-order valence-electron chi connectivity index (χ3n) is 7.81. The molecule has 0 aromatic heterocycles. The van der Waals surface area contributed by atoms with Crippen molar-refractivity contribution in [1.29, 1.82) is 0 Å². The van der Waals surface area contributed by atoms with Crippen molar-refractivity contribution in [2.24, 2.45) is 5.92 Å². The van der Waals surface area contributed by atoms with E-state index in [1.54, 1.807) is 7.11 Å². The number of nitrogens with zero attached hydrogens (tertiary/aromatic N) is 1. The zero-order valence-corrected chi connectivity index (χ0v) is 19.1. The molecule has 3 fully saturated rings. The maximum absolute atomic E-state index is 6.75. The molecule has 2 aliphatic heterocycles. The predicted molar refractivity (Wildman–Crippen MR) is 126 cm³/mol. The number of hydrogen-bond acceptors (Lipinski definition) is 4. The first-order valence-electron chi connectivity index (χ1n) is 11.9. The summed E-state index contributed by atoms with van der Waals surface area (Å²) in [5, 5.41) is 3.75. The van der Waals surface area contributed by atoms with Gasteiger partial charge in [0.1, 0.15) is 5.75 Å². The second kappa shape index (κ2) is 8.48. The van der Waals surface area contributed by atoms with E-state index in [2.05, 4.69) is 72.6 Å². The summed E-state index contributed by atoms with van der Waals surface area (Å²) in [5.74, 6) is 1.85. The Bertz CT molecular complexity index is 897. The molecule has 0 bridgehead atoms. The van der Waals surface area contributed by atoms with Gasteiger partial charge in [0, 0.05) is 23.7 Å². The topological polar surface area (TPSA) is 33.7 Å². The number of anilines is 1. The van der Waals surface area contributed by atoms with Crippen LogP contribution in [0.2, 0.25) is 0 Å². The molecule has 2 heterocycles. The Kier molecular flexibility index (Phi) is 5.70. The molecule has 0 radical (unpaired) electrons. The second-order valence-electron chi connectivity index (χ2n) is 9.93. The minimum absolute atomic E-state index is 0.00277. The van der Waals surface area contributed by atoms with Crippen molar-refractivity contribution in [2.75, 3.05) is 32.1 Å². The van der Waals surface area contributed by atoms with Gasteiger partial charge in [0.25, 0.3) is 0 Å². The normalized spacial score (nSPS) is 31.1. The van der Waals surface area contributed by atoms with Crippen LogP contribution < -0.4 is 10.1 Å². The molecular formula is C27H36N2O2. The molecule has 166 valence electrons. The lowest BCUT2D eigenvalue weighted by Gasteiger charge is -2.56. The minimum atomic E-state index is 0.00277. The van der Waals surface area contributed by atoms with E-state index in [0.717, 1.165) is 37.7 Å². The molecular weight excluding hydrogens is 384 g/mol. The molecule has 0 amide bonds. The summed E-state index contributed by atoms with van der Waals surface area (Å²) in [6, 6.07) is 17.9. The van der Waals surface area contributed by atoms with E-state index in [9.17, 15) is 0 Å². The van der Waals surface area contributed by atoms with E-state index in [1.807, 2.05) is 0 Å². The predicted octanol–water partition coefficient (Wildman–Crippen LogP) is 5.02. The molecule has 2 saturated heterocycles.